The van der Waals surface area contributed by atoms with Crippen LogP contribution < -0.4 is 10.9 Å². The van der Waals surface area contributed by atoms with Gasteiger partial charge < -0.3 is 15.1 Å². The van der Waals surface area contributed by atoms with Gasteiger partial charge in [0.25, 0.3) is 0 Å². The van der Waals surface area contributed by atoms with Gasteiger partial charge in [0.05, 0.1) is 6.04 Å². The van der Waals surface area contributed by atoms with Gasteiger partial charge in [-0.25, -0.2) is 4.79 Å². The zero-order valence-electron chi connectivity index (χ0n) is 17.9. The Labute approximate surface area is 191 Å². The van der Waals surface area contributed by atoms with E-state index in [0.717, 1.165) is 15.6 Å². The molecule has 164 valence electrons. The van der Waals surface area contributed by atoms with Gasteiger partial charge in [-0.2, -0.15) is 0 Å². The number of hydrogen-bond acceptors (Lipinski definition) is 4. The van der Waals surface area contributed by atoms with Crippen LogP contribution >= 0.6 is 15.9 Å². The summed E-state index contributed by atoms with van der Waals surface area (Å²) in [4.78, 5) is 26.0. The number of amides is 2. The van der Waals surface area contributed by atoms with Crippen LogP contribution in [0.15, 0.2) is 71.3 Å². The lowest BCUT2D eigenvalue weighted by Gasteiger charge is -2.43. The van der Waals surface area contributed by atoms with Crippen molar-refractivity contribution in [2.24, 2.45) is 0 Å². The first kappa shape index (κ1) is 22.9. The maximum absolute atomic E-state index is 13.1. The second kappa shape index (κ2) is 10.0. The van der Waals surface area contributed by atoms with Gasteiger partial charge in [0.2, 0.25) is 5.91 Å². The van der Waals surface area contributed by atoms with Crippen LogP contribution in [0.5, 0.6) is 0 Å². The molecule has 3 rings (SSSR count). The van der Waals surface area contributed by atoms with E-state index in [2.05, 4.69) is 33.4 Å². The van der Waals surface area contributed by atoms with E-state index in [4.69, 9.17) is 4.74 Å². The first-order chi connectivity index (χ1) is 14.8. The van der Waals surface area contributed by atoms with E-state index >= 15 is 0 Å². The fourth-order valence-corrected chi connectivity index (χ4v) is 4.06. The number of carbonyl (C=O) groups is 2. The number of ether oxygens (including phenoxy) is 1. The highest BCUT2D eigenvalue weighted by atomic mass is 79.9. The highest BCUT2D eigenvalue weighted by Crippen LogP contribution is 2.40. The number of hydrazine groups is 1. The maximum Gasteiger partial charge on any atom is 0.411 e. The number of nitrogens with one attached hydrogen (secondary N) is 2. The van der Waals surface area contributed by atoms with Crippen molar-refractivity contribution in [1.29, 1.82) is 0 Å². The number of halogens is 1. The molecule has 1 heterocycles. The summed E-state index contributed by atoms with van der Waals surface area (Å²) in [5.41, 5.74) is 7.27. The number of allylic oxidation sites excluding steroid dienone is 1. The van der Waals surface area contributed by atoms with Crippen LogP contribution in [-0.2, 0) is 15.1 Å². The monoisotopic (exact) mass is 485 g/mol. The minimum atomic E-state index is -0.741. The molecule has 0 bridgehead atoms. The largest absolute Gasteiger partial charge is 0.438 e. The molecule has 0 unspecified atom stereocenters. The van der Waals surface area contributed by atoms with Gasteiger partial charge in [0.15, 0.2) is 0 Å². The quantitative estimate of drug-likeness (QED) is 0.505. The summed E-state index contributed by atoms with van der Waals surface area (Å²) >= 11 is 3.45. The SMILES string of the molecule is C=C(CC[C@]1(c2ccccc2)CCN([C@@H](C)c2ccc(Br)cc2)C(=O)O1)NNC(C)=O. The van der Waals surface area contributed by atoms with Crippen molar-refractivity contribution in [2.75, 3.05) is 6.54 Å². The zero-order chi connectivity index (χ0) is 22.4. The molecular formula is C24H28BrN3O3. The predicted octanol–water partition coefficient (Wildman–Crippen LogP) is 5.18. The van der Waals surface area contributed by atoms with Crippen molar-refractivity contribution in [2.45, 2.75) is 44.8 Å². The minimum Gasteiger partial charge on any atom is -0.438 e. The molecule has 1 aliphatic rings. The molecule has 0 aromatic heterocycles. The van der Waals surface area contributed by atoms with Crippen LogP contribution in [0, 0.1) is 0 Å². The number of rotatable bonds is 8. The van der Waals surface area contributed by atoms with Crippen LogP contribution in [0.3, 0.4) is 0 Å². The Morgan fingerprint density at radius 3 is 2.48 bits per heavy atom. The molecule has 0 aliphatic carbocycles. The third-order valence-corrected chi connectivity index (χ3v) is 6.17. The van der Waals surface area contributed by atoms with Gasteiger partial charge in [-0.05, 0) is 43.0 Å². The second-order valence-electron chi connectivity index (χ2n) is 7.81. The van der Waals surface area contributed by atoms with Gasteiger partial charge in [-0.15, -0.1) is 0 Å². The Hall–Kier alpha value is -2.80. The van der Waals surface area contributed by atoms with E-state index in [9.17, 15) is 9.59 Å². The van der Waals surface area contributed by atoms with Crippen LogP contribution in [0.4, 0.5) is 4.79 Å². The van der Waals surface area contributed by atoms with E-state index in [1.807, 2.05) is 61.5 Å². The highest BCUT2D eigenvalue weighted by molar-refractivity contribution is 9.10. The summed E-state index contributed by atoms with van der Waals surface area (Å²) in [6.07, 6.45) is 1.45. The average molecular weight is 486 g/mol. The van der Waals surface area contributed by atoms with Crippen LogP contribution in [0.2, 0.25) is 0 Å². The molecule has 2 amide bonds. The molecule has 2 atom stereocenters. The molecule has 7 heteroatoms. The third kappa shape index (κ3) is 5.67. The van der Waals surface area contributed by atoms with Crippen molar-refractivity contribution in [3.8, 4) is 0 Å². The summed E-state index contributed by atoms with van der Waals surface area (Å²) in [7, 11) is 0. The summed E-state index contributed by atoms with van der Waals surface area (Å²) in [6, 6.07) is 17.7. The highest BCUT2D eigenvalue weighted by Gasteiger charge is 2.43. The molecule has 2 aromatic carbocycles. The molecule has 0 radical (unpaired) electrons. The Bertz CT molecular complexity index is 933. The van der Waals surface area contributed by atoms with Crippen molar-refractivity contribution in [1.82, 2.24) is 15.8 Å². The Morgan fingerprint density at radius 2 is 1.87 bits per heavy atom. The lowest BCUT2D eigenvalue weighted by atomic mass is 9.84. The maximum atomic E-state index is 13.1. The molecule has 6 nitrogen and oxygen atoms in total. The zero-order valence-corrected chi connectivity index (χ0v) is 19.4. The predicted molar refractivity (Wildman–Crippen MR) is 124 cm³/mol. The second-order valence-corrected chi connectivity index (χ2v) is 8.72. The van der Waals surface area contributed by atoms with Gasteiger partial charge in [0.1, 0.15) is 5.60 Å². The molecule has 0 spiro atoms. The van der Waals surface area contributed by atoms with Gasteiger partial charge in [-0.3, -0.25) is 10.2 Å². The number of hydrogen-bond donors (Lipinski definition) is 2. The molecular weight excluding hydrogens is 458 g/mol. The van der Waals surface area contributed by atoms with Crippen molar-refractivity contribution in [3.63, 3.8) is 0 Å². The van der Waals surface area contributed by atoms with E-state index in [0.29, 0.717) is 31.5 Å². The molecule has 2 N–H and O–H groups in total. The molecule has 1 fully saturated rings. The fraction of sp³-hybridized carbons (Fsp3) is 0.333. The molecule has 2 aromatic rings. The minimum absolute atomic E-state index is 0.0919. The van der Waals surface area contributed by atoms with Crippen molar-refractivity contribution < 1.29 is 14.3 Å². The van der Waals surface area contributed by atoms with Gasteiger partial charge >= 0.3 is 6.09 Å². The lowest BCUT2D eigenvalue weighted by Crippen LogP contribution is -2.49. The lowest BCUT2D eigenvalue weighted by molar-refractivity contribution is -0.119. The standard InChI is InChI=1S/C24H28BrN3O3/c1-17(26-27-19(3)29)13-14-24(21-7-5-4-6-8-21)15-16-28(23(30)31-24)18(2)20-9-11-22(25)12-10-20/h4-12,18,26H,1,13-16H2,2-3H3,(H,27,29)/t18-,24+/m0/s1. The Kier molecular flexibility index (Phi) is 7.38. The Morgan fingerprint density at radius 1 is 1.19 bits per heavy atom. The van der Waals surface area contributed by atoms with Gasteiger partial charge in [0, 0.05) is 30.1 Å². The summed E-state index contributed by atoms with van der Waals surface area (Å²) < 4.78 is 7.14. The number of nitrogens with zero attached hydrogens (tertiary/aromatic N) is 1. The average Bonchev–Trinajstić information content (AvgIpc) is 2.77. The first-order valence-corrected chi connectivity index (χ1v) is 11.1. The van der Waals surface area contributed by atoms with E-state index < -0.39 is 5.60 Å². The number of carbonyl (C=O) groups excluding carboxylic acids is 2. The van der Waals surface area contributed by atoms with Crippen LogP contribution in [-0.4, -0.2) is 23.4 Å². The molecule has 31 heavy (non-hydrogen) atoms. The fourth-order valence-electron chi connectivity index (χ4n) is 3.80. The van der Waals surface area contributed by atoms with E-state index in [-0.39, 0.29) is 18.0 Å². The normalized spacial score (nSPS) is 19.3. The Balaban J connectivity index is 1.75. The summed E-state index contributed by atoms with van der Waals surface area (Å²) in [6.45, 7) is 7.98. The van der Waals surface area contributed by atoms with Crippen molar-refractivity contribution in [3.05, 3.63) is 82.5 Å². The summed E-state index contributed by atoms with van der Waals surface area (Å²) in [5.74, 6) is -0.194. The van der Waals surface area contributed by atoms with E-state index in [1.54, 1.807) is 4.90 Å². The number of benzene rings is 2. The first-order valence-electron chi connectivity index (χ1n) is 10.3. The smallest absolute Gasteiger partial charge is 0.411 e. The molecule has 0 saturated carbocycles. The van der Waals surface area contributed by atoms with Crippen LogP contribution in [0.1, 0.15) is 50.3 Å². The molecule has 1 saturated heterocycles. The van der Waals surface area contributed by atoms with Crippen LogP contribution in [0.25, 0.3) is 0 Å². The topological polar surface area (TPSA) is 70.7 Å². The van der Waals surface area contributed by atoms with Gasteiger partial charge in [-0.1, -0.05) is 65.0 Å². The van der Waals surface area contributed by atoms with Crippen molar-refractivity contribution >= 4 is 27.9 Å². The summed E-state index contributed by atoms with van der Waals surface area (Å²) in [5, 5.41) is 0. The molecule has 1 aliphatic heterocycles. The van der Waals surface area contributed by atoms with E-state index in [1.165, 1.54) is 6.92 Å². The third-order valence-electron chi connectivity index (χ3n) is 5.64. The number of cyclic esters (lactones) is 1.